The van der Waals surface area contributed by atoms with E-state index in [-0.39, 0.29) is 52.4 Å². The van der Waals surface area contributed by atoms with E-state index in [0.717, 1.165) is 11.1 Å². The highest BCUT2D eigenvalue weighted by atomic mass is 32.1. The lowest BCUT2D eigenvalue weighted by Crippen LogP contribution is -2.46. The zero-order chi connectivity index (χ0) is 41.2. The van der Waals surface area contributed by atoms with Crippen molar-refractivity contribution in [1.82, 2.24) is 35.0 Å². The van der Waals surface area contributed by atoms with Gasteiger partial charge in [0.25, 0.3) is 0 Å². The number of carboxylic acids is 3. The van der Waals surface area contributed by atoms with Gasteiger partial charge in [-0.2, -0.15) is 4.99 Å². The predicted octanol–water partition coefficient (Wildman–Crippen LogP) is 2.88. The largest absolute Gasteiger partial charge is 0.494 e. The first kappa shape index (κ1) is 43.7. The fraction of sp³-hybridized carbons (Fsp3) is 0.316. The molecule has 300 valence electrons. The average molecular weight is 803 g/mol. The van der Waals surface area contributed by atoms with Gasteiger partial charge in [-0.25, -0.2) is 14.9 Å². The van der Waals surface area contributed by atoms with Crippen LogP contribution < -0.4 is 10.1 Å². The number of ether oxygens (including phenoxy) is 1. The Bertz CT molecular complexity index is 2040. The highest BCUT2D eigenvalue weighted by molar-refractivity contribution is 7.78. The molecule has 5 N–H and O–H groups in total. The van der Waals surface area contributed by atoms with Crippen molar-refractivity contribution in [2.45, 2.75) is 6.54 Å². The van der Waals surface area contributed by atoms with Crippen LogP contribution in [0.4, 0.5) is 5.69 Å². The molecule has 18 nitrogen and oxygen atoms in total. The molecule has 0 aliphatic rings. The molecule has 0 aliphatic heterocycles. The molecule has 0 unspecified atom stereocenters. The van der Waals surface area contributed by atoms with E-state index in [0.29, 0.717) is 39.9 Å². The number of amides is 1. The number of aromatic nitrogens is 3. The molecule has 0 aliphatic carbocycles. The molecule has 0 spiro atoms. The highest BCUT2D eigenvalue weighted by Gasteiger charge is 2.19. The Kier molecular flexibility index (Phi) is 17.2. The van der Waals surface area contributed by atoms with Gasteiger partial charge in [0, 0.05) is 38.9 Å². The number of hydrogen-bond donors (Lipinski definition) is 5. The van der Waals surface area contributed by atoms with E-state index < -0.39 is 43.4 Å². The van der Waals surface area contributed by atoms with Gasteiger partial charge in [-0.1, -0.05) is 18.2 Å². The quantitative estimate of drug-likeness (QED) is 0.0296. The molecule has 0 fully saturated rings. The number of thiocarbonyl (C=S) groups is 1. The third-order valence-corrected chi connectivity index (χ3v) is 8.47. The Labute approximate surface area is 333 Å². The van der Waals surface area contributed by atoms with Gasteiger partial charge in [-0.05, 0) is 71.9 Å². The molecule has 3 aromatic heterocycles. The fourth-order valence-corrected chi connectivity index (χ4v) is 5.82. The number of aliphatic imine (C=N–C) groups is 1. The minimum absolute atomic E-state index is 0.0285. The van der Waals surface area contributed by atoms with E-state index in [4.69, 9.17) is 42.4 Å². The van der Waals surface area contributed by atoms with Gasteiger partial charge in [0.15, 0.2) is 0 Å². The normalized spacial score (nSPS) is 11.0. The molecular weight excluding hydrogens is 761 g/mol. The highest BCUT2D eigenvalue weighted by Crippen LogP contribution is 2.35. The smallest absolute Gasteiger partial charge is 0.317 e. The Balaban J connectivity index is 1.48. The van der Waals surface area contributed by atoms with E-state index in [1.807, 2.05) is 42.5 Å². The number of carbonyl (C=O) groups is 4. The second-order valence-electron chi connectivity index (χ2n) is 12.5. The molecule has 4 aromatic rings. The number of aliphatic carboxylic acids is 3. The number of hydrogen-bond acceptors (Lipinski definition) is 15. The van der Waals surface area contributed by atoms with Crippen LogP contribution in [0.2, 0.25) is 0 Å². The van der Waals surface area contributed by atoms with Crippen molar-refractivity contribution in [2.24, 2.45) is 4.99 Å². The van der Waals surface area contributed by atoms with Crippen LogP contribution in [0.3, 0.4) is 0 Å². The van der Waals surface area contributed by atoms with Crippen molar-refractivity contribution < 1.29 is 49.4 Å². The van der Waals surface area contributed by atoms with Gasteiger partial charge in [0.2, 0.25) is 5.91 Å². The van der Waals surface area contributed by atoms with Gasteiger partial charge in [0.1, 0.15) is 11.4 Å². The minimum atomic E-state index is -1.19. The summed E-state index contributed by atoms with van der Waals surface area (Å²) in [7, 11) is 1.54. The van der Waals surface area contributed by atoms with Crippen molar-refractivity contribution >= 4 is 46.9 Å². The number of nitrogens with one attached hydrogen (secondary N) is 1. The van der Waals surface area contributed by atoms with Crippen LogP contribution in [0.25, 0.3) is 33.9 Å². The summed E-state index contributed by atoms with van der Waals surface area (Å²) >= 11 is 4.83. The number of pyridine rings is 3. The predicted molar refractivity (Wildman–Crippen MR) is 210 cm³/mol. The van der Waals surface area contributed by atoms with Crippen LogP contribution in [0.15, 0.2) is 77.9 Å². The first-order chi connectivity index (χ1) is 27.5. The summed E-state index contributed by atoms with van der Waals surface area (Å²) in [4.78, 5) is 74.0. The number of benzene rings is 1. The summed E-state index contributed by atoms with van der Waals surface area (Å²) < 4.78 is 5.42. The second-order valence-corrected chi connectivity index (χ2v) is 12.7. The molecule has 1 aromatic carbocycles. The maximum Gasteiger partial charge on any atom is 0.317 e. The standard InChI is InChI=1S/C38H42N8O10S/c1-55-34-9-8-26(17-33(34)41-25-57)27-18-31(29-6-2-3-10-39-29)43-32(19-27)30-7-4-5-28(42-30)20-40-35(47)21-45(22-36(48)49)13-11-44(15-16-56-54)12-14-46(23-37(50)51)24-38(52)53/h2-10,17-19,54H,11-16,20-24H2,1H3,(H,40,47)(H,48,49)(H,50,51)(H,52,53). The molecular formula is C38H42N8O10S. The molecule has 4 rings (SSSR count). The van der Waals surface area contributed by atoms with E-state index >= 15 is 0 Å². The van der Waals surface area contributed by atoms with Gasteiger partial charge in [-0.3, -0.25) is 44.1 Å². The van der Waals surface area contributed by atoms with Crippen LogP contribution in [-0.4, -0.2) is 152 Å². The zero-order valence-corrected chi connectivity index (χ0v) is 31.8. The fourth-order valence-electron chi connectivity index (χ4n) is 5.72. The van der Waals surface area contributed by atoms with E-state index in [2.05, 4.69) is 25.3 Å². The van der Waals surface area contributed by atoms with Gasteiger partial charge in [0.05, 0.1) is 80.1 Å². The van der Waals surface area contributed by atoms with Crippen molar-refractivity contribution in [3.05, 3.63) is 78.6 Å². The second kappa shape index (κ2) is 22.5. The number of isothiocyanates is 1. The average Bonchev–Trinajstić information content (AvgIpc) is 3.19. The van der Waals surface area contributed by atoms with Crippen molar-refractivity contribution in [2.75, 3.05) is 72.6 Å². The lowest BCUT2D eigenvalue weighted by molar-refractivity contribution is -0.244. The number of rotatable bonds is 24. The third-order valence-electron chi connectivity index (χ3n) is 8.37. The summed E-state index contributed by atoms with van der Waals surface area (Å²) in [5.41, 5.74) is 4.92. The molecule has 1 amide bonds. The van der Waals surface area contributed by atoms with E-state index in [1.165, 1.54) is 16.9 Å². The van der Waals surface area contributed by atoms with Crippen molar-refractivity contribution in [3.63, 3.8) is 0 Å². The molecule has 0 radical (unpaired) electrons. The first-order valence-corrected chi connectivity index (χ1v) is 17.9. The van der Waals surface area contributed by atoms with Crippen LogP contribution in [0.1, 0.15) is 5.69 Å². The molecule has 0 bridgehead atoms. The summed E-state index contributed by atoms with van der Waals surface area (Å²) in [5, 5.41) is 41.9. The maximum atomic E-state index is 13.1. The SMILES string of the molecule is COc1ccc(-c2cc(-c3ccccn3)nc(-c3cccc(CNC(=O)CN(CCN(CCOO)CCN(CC(=O)O)CC(=O)O)CC(=O)O)n3)c2)cc1N=C=S. The number of nitrogens with zero attached hydrogens (tertiary/aromatic N) is 7. The van der Waals surface area contributed by atoms with Crippen LogP contribution in [0, 0.1) is 0 Å². The Morgan fingerprint density at radius 1 is 0.737 bits per heavy atom. The summed E-state index contributed by atoms with van der Waals surface area (Å²) in [6.07, 6.45) is 1.67. The zero-order valence-electron chi connectivity index (χ0n) is 31.0. The van der Waals surface area contributed by atoms with E-state index in [1.54, 1.807) is 35.4 Å². The first-order valence-electron chi connectivity index (χ1n) is 17.5. The number of carbonyl (C=O) groups excluding carboxylic acids is 1. The lowest BCUT2D eigenvalue weighted by atomic mass is 10.0. The van der Waals surface area contributed by atoms with Gasteiger partial charge < -0.3 is 25.4 Å². The Morgan fingerprint density at radius 3 is 1.96 bits per heavy atom. The van der Waals surface area contributed by atoms with Crippen molar-refractivity contribution in [1.29, 1.82) is 0 Å². The number of methoxy groups -OCH3 is 1. The lowest BCUT2D eigenvalue weighted by Gasteiger charge is -2.28. The Hall–Kier alpha value is -6.05. The van der Waals surface area contributed by atoms with Gasteiger partial charge >= 0.3 is 17.9 Å². The monoisotopic (exact) mass is 802 g/mol. The molecule has 0 saturated carbocycles. The maximum absolute atomic E-state index is 13.1. The van der Waals surface area contributed by atoms with E-state index in [9.17, 15) is 24.3 Å². The molecule has 0 atom stereocenters. The third kappa shape index (κ3) is 14.5. The summed E-state index contributed by atoms with van der Waals surface area (Å²) in [5.74, 6) is -3.48. The van der Waals surface area contributed by atoms with Crippen LogP contribution in [-0.2, 0) is 30.6 Å². The molecule has 0 saturated heterocycles. The number of carboxylic acid groups (broad SMARTS) is 3. The summed E-state index contributed by atoms with van der Waals surface area (Å²) in [6, 6.07) is 20.1. The molecule has 19 heteroatoms. The van der Waals surface area contributed by atoms with Gasteiger partial charge in [-0.15, -0.1) is 0 Å². The topological polar surface area (TPSA) is 240 Å². The van der Waals surface area contributed by atoms with Crippen molar-refractivity contribution in [3.8, 4) is 39.7 Å². The van der Waals surface area contributed by atoms with Crippen LogP contribution >= 0.6 is 12.2 Å². The minimum Gasteiger partial charge on any atom is -0.494 e. The Morgan fingerprint density at radius 2 is 1.37 bits per heavy atom. The summed E-state index contributed by atoms with van der Waals surface area (Å²) in [6.45, 7) is -1.08. The van der Waals surface area contributed by atoms with Crippen LogP contribution in [0.5, 0.6) is 5.75 Å². The molecule has 3 heterocycles. The molecule has 57 heavy (non-hydrogen) atoms.